The first-order valence-electron chi connectivity index (χ1n) is 8.58. The Kier molecular flexibility index (Phi) is 4.24. The number of halogens is 1. The van der Waals surface area contributed by atoms with Crippen LogP contribution in [0.1, 0.15) is 28.9 Å². The molecule has 1 fully saturated rings. The largest absolute Gasteiger partial charge is 0.353 e. The minimum atomic E-state index is -0.640. The molecule has 134 valence electrons. The average Bonchev–Trinajstić information content (AvgIpc) is 2.98. The summed E-state index contributed by atoms with van der Waals surface area (Å²) >= 11 is 0. The molecule has 8 heteroatoms. The number of piperidine rings is 1. The van der Waals surface area contributed by atoms with Gasteiger partial charge in [-0.2, -0.15) is 4.39 Å². The molecule has 0 radical (unpaired) electrons. The first-order valence-corrected chi connectivity index (χ1v) is 8.58. The van der Waals surface area contributed by atoms with Crippen LogP contribution >= 0.6 is 0 Å². The van der Waals surface area contributed by atoms with Crippen LogP contribution < -0.4 is 10.2 Å². The minimum absolute atomic E-state index is 0.0933. The number of hydrogen-bond acceptors (Lipinski definition) is 5. The van der Waals surface area contributed by atoms with Gasteiger partial charge in [0.25, 0.3) is 5.91 Å². The molecule has 0 aromatic carbocycles. The molecule has 1 atom stereocenters. The van der Waals surface area contributed by atoms with Crippen molar-refractivity contribution in [3.63, 3.8) is 0 Å². The highest BCUT2D eigenvalue weighted by Gasteiger charge is 2.26. The molecule has 1 aliphatic rings. The van der Waals surface area contributed by atoms with Crippen molar-refractivity contribution in [2.45, 2.75) is 25.8 Å². The summed E-state index contributed by atoms with van der Waals surface area (Å²) in [5, 5.41) is 2.91. The van der Waals surface area contributed by atoms with Crippen LogP contribution in [0.25, 0.3) is 5.65 Å². The summed E-state index contributed by atoms with van der Waals surface area (Å²) in [5.74, 6) is -0.352. The molecule has 0 spiro atoms. The van der Waals surface area contributed by atoms with Crippen molar-refractivity contribution in [3.05, 3.63) is 54.1 Å². The highest BCUT2D eigenvalue weighted by Crippen LogP contribution is 2.18. The van der Waals surface area contributed by atoms with Gasteiger partial charge in [0, 0.05) is 37.7 Å². The summed E-state index contributed by atoms with van der Waals surface area (Å²) in [5.41, 5.74) is 1.21. The average molecular weight is 354 g/mol. The van der Waals surface area contributed by atoms with E-state index in [1.807, 2.05) is 6.92 Å². The smallest absolute Gasteiger partial charge is 0.274 e. The van der Waals surface area contributed by atoms with E-state index in [9.17, 15) is 9.18 Å². The van der Waals surface area contributed by atoms with Crippen LogP contribution in [0.3, 0.4) is 0 Å². The Morgan fingerprint density at radius 3 is 3.08 bits per heavy atom. The van der Waals surface area contributed by atoms with Gasteiger partial charge in [-0.15, -0.1) is 0 Å². The third kappa shape index (κ3) is 3.10. The topological polar surface area (TPSA) is 75.4 Å². The second kappa shape index (κ2) is 6.70. The van der Waals surface area contributed by atoms with E-state index < -0.39 is 11.9 Å². The first-order chi connectivity index (χ1) is 12.6. The lowest BCUT2D eigenvalue weighted by molar-refractivity contribution is 0.0924. The van der Waals surface area contributed by atoms with Gasteiger partial charge in [-0.25, -0.2) is 9.97 Å². The molecule has 0 aliphatic carbocycles. The molecule has 7 nitrogen and oxygen atoms in total. The molecular formula is C18H19FN6O. The molecule has 0 bridgehead atoms. The van der Waals surface area contributed by atoms with Gasteiger partial charge in [-0.1, -0.05) is 0 Å². The number of amides is 1. The SMILES string of the molecule is Cc1ccn2c(F)c(C(=O)NC3CCCN(c4cnccn4)C3)nc2c1. The van der Waals surface area contributed by atoms with Gasteiger partial charge in [0.2, 0.25) is 5.95 Å². The van der Waals surface area contributed by atoms with Crippen molar-refractivity contribution < 1.29 is 9.18 Å². The second-order valence-corrected chi connectivity index (χ2v) is 6.51. The van der Waals surface area contributed by atoms with E-state index in [0.717, 1.165) is 30.8 Å². The van der Waals surface area contributed by atoms with Crippen LogP contribution in [0.4, 0.5) is 10.2 Å². The number of hydrogen-bond donors (Lipinski definition) is 1. The van der Waals surface area contributed by atoms with Gasteiger partial charge >= 0.3 is 0 Å². The number of nitrogens with zero attached hydrogens (tertiary/aromatic N) is 5. The molecule has 3 aromatic rings. The lowest BCUT2D eigenvalue weighted by Crippen LogP contribution is -2.48. The van der Waals surface area contributed by atoms with Crippen LogP contribution in [-0.4, -0.2) is 44.4 Å². The van der Waals surface area contributed by atoms with Crippen molar-refractivity contribution in [1.29, 1.82) is 0 Å². The van der Waals surface area contributed by atoms with Crippen LogP contribution in [-0.2, 0) is 0 Å². The maximum atomic E-state index is 14.5. The van der Waals surface area contributed by atoms with Crippen LogP contribution in [0.5, 0.6) is 0 Å². The van der Waals surface area contributed by atoms with Crippen molar-refractivity contribution >= 4 is 17.4 Å². The van der Waals surface area contributed by atoms with Crippen LogP contribution in [0.15, 0.2) is 36.9 Å². The van der Waals surface area contributed by atoms with Crippen molar-refractivity contribution in [1.82, 2.24) is 24.7 Å². The number of rotatable bonds is 3. The van der Waals surface area contributed by atoms with Gasteiger partial charge in [0.15, 0.2) is 5.69 Å². The summed E-state index contributed by atoms with van der Waals surface area (Å²) in [4.78, 5) is 27.2. The quantitative estimate of drug-likeness (QED) is 0.778. The molecule has 4 heterocycles. The monoisotopic (exact) mass is 354 g/mol. The van der Waals surface area contributed by atoms with E-state index in [1.165, 1.54) is 4.40 Å². The van der Waals surface area contributed by atoms with Crippen LogP contribution in [0, 0.1) is 12.9 Å². The summed E-state index contributed by atoms with van der Waals surface area (Å²) in [6.07, 6.45) is 8.30. The molecule has 4 rings (SSSR count). The molecule has 1 N–H and O–H groups in total. The van der Waals surface area contributed by atoms with Crippen LogP contribution in [0.2, 0.25) is 0 Å². The Balaban J connectivity index is 1.50. The predicted molar refractivity (Wildman–Crippen MR) is 94.6 cm³/mol. The lowest BCUT2D eigenvalue weighted by atomic mass is 10.1. The summed E-state index contributed by atoms with van der Waals surface area (Å²) in [6.45, 7) is 3.36. The number of imidazole rings is 1. The number of aromatic nitrogens is 4. The zero-order valence-corrected chi connectivity index (χ0v) is 14.4. The maximum Gasteiger partial charge on any atom is 0.274 e. The lowest BCUT2D eigenvalue weighted by Gasteiger charge is -2.33. The molecule has 1 amide bonds. The number of carbonyl (C=O) groups excluding carboxylic acids is 1. The molecule has 1 aliphatic heterocycles. The fourth-order valence-corrected chi connectivity index (χ4v) is 3.27. The second-order valence-electron chi connectivity index (χ2n) is 6.51. The normalized spacial score (nSPS) is 17.5. The van der Waals surface area contributed by atoms with Gasteiger partial charge < -0.3 is 10.2 Å². The molecule has 1 unspecified atom stereocenters. The van der Waals surface area contributed by atoms with Crippen molar-refractivity contribution in [2.24, 2.45) is 0 Å². The van der Waals surface area contributed by atoms with Gasteiger partial charge in [-0.3, -0.25) is 14.2 Å². The van der Waals surface area contributed by atoms with Gasteiger partial charge in [0.1, 0.15) is 11.5 Å². The third-order valence-corrected chi connectivity index (χ3v) is 4.57. The van der Waals surface area contributed by atoms with Crippen molar-refractivity contribution in [3.8, 4) is 0 Å². The standard InChI is InChI=1S/C18H19FN6O/c1-12-4-8-25-14(9-12)23-16(17(25)19)18(26)22-13-3-2-7-24(11-13)15-10-20-5-6-21-15/h4-6,8-10,13H,2-3,7,11H2,1H3,(H,22,26). The first kappa shape index (κ1) is 16.4. The summed E-state index contributed by atoms with van der Waals surface area (Å²) < 4.78 is 15.8. The van der Waals surface area contributed by atoms with E-state index in [1.54, 1.807) is 36.9 Å². The molecule has 26 heavy (non-hydrogen) atoms. The van der Waals surface area contributed by atoms with E-state index in [4.69, 9.17) is 0 Å². The van der Waals surface area contributed by atoms with Crippen molar-refractivity contribution in [2.75, 3.05) is 18.0 Å². The zero-order valence-electron chi connectivity index (χ0n) is 14.4. The molecule has 3 aromatic heterocycles. The minimum Gasteiger partial charge on any atom is -0.353 e. The Labute approximate surface area is 149 Å². The number of anilines is 1. The zero-order chi connectivity index (χ0) is 18.1. The number of carbonyl (C=O) groups is 1. The predicted octanol–water partition coefficient (Wildman–Crippen LogP) is 1.97. The van der Waals surface area contributed by atoms with E-state index in [0.29, 0.717) is 12.2 Å². The Bertz CT molecular complexity index is 942. The van der Waals surface area contributed by atoms with E-state index in [-0.39, 0.29) is 11.7 Å². The Morgan fingerprint density at radius 2 is 2.27 bits per heavy atom. The molecule has 1 saturated heterocycles. The van der Waals surface area contributed by atoms with Gasteiger partial charge in [0.05, 0.1) is 6.20 Å². The van der Waals surface area contributed by atoms with E-state index in [2.05, 4.69) is 25.2 Å². The highest BCUT2D eigenvalue weighted by atomic mass is 19.1. The maximum absolute atomic E-state index is 14.5. The number of fused-ring (bicyclic) bond motifs is 1. The number of nitrogens with one attached hydrogen (secondary N) is 1. The molecule has 0 saturated carbocycles. The number of pyridine rings is 1. The van der Waals surface area contributed by atoms with E-state index >= 15 is 0 Å². The third-order valence-electron chi connectivity index (χ3n) is 4.57. The Hall–Kier alpha value is -3.03. The molecular weight excluding hydrogens is 335 g/mol. The summed E-state index contributed by atoms with van der Waals surface area (Å²) in [6, 6.07) is 3.43. The number of aryl methyl sites for hydroxylation is 1. The fraction of sp³-hybridized carbons (Fsp3) is 0.333. The summed E-state index contributed by atoms with van der Waals surface area (Å²) in [7, 11) is 0. The highest BCUT2D eigenvalue weighted by molar-refractivity contribution is 5.93. The fourth-order valence-electron chi connectivity index (χ4n) is 3.27. The van der Waals surface area contributed by atoms with Gasteiger partial charge in [-0.05, 0) is 37.5 Å². The Morgan fingerprint density at radius 1 is 1.38 bits per heavy atom.